The van der Waals surface area contributed by atoms with Crippen LogP contribution in [-0.2, 0) is 10.5 Å². The van der Waals surface area contributed by atoms with Gasteiger partial charge in [-0.1, -0.05) is 24.3 Å². The van der Waals surface area contributed by atoms with E-state index in [-0.39, 0.29) is 0 Å². The van der Waals surface area contributed by atoms with Crippen molar-refractivity contribution in [3.63, 3.8) is 0 Å². The largest absolute Gasteiger partial charge is 0.366 e. The van der Waals surface area contributed by atoms with Crippen molar-refractivity contribution in [2.24, 2.45) is 0 Å². The number of anilines is 1. The van der Waals surface area contributed by atoms with Crippen molar-refractivity contribution >= 4 is 17.6 Å². The summed E-state index contributed by atoms with van der Waals surface area (Å²) in [5, 5.41) is 7.64. The van der Waals surface area contributed by atoms with Gasteiger partial charge >= 0.3 is 0 Å². The summed E-state index contributed by atoms with van der Waals surface area (Å²) in [6.07, 6.45) is 6.18. The van der Waals surface area contributed by atoms with Crippen LogP contribution < -0.4 is 10.2 Å². The van der Waals surface area contributed by atoms with Gasteiger partial charge in [0.2, 0.25) is 6.41 Å². The second-order valence-electron chi connectivity index (χ2n) is 8.23. The molecule has 4 heterocycles. The molecule has 0 radical (unpaired) electrons. The Morgan fingerprint density at radius 2 is 1.87 bits per heavy atom. The molecule has 0 saturated carbocycles. The van der Waals surface area contributed by atoms with Gasteiger partial charge in [0.1, 0.15) is 5.67 Å². The lowest BCUT2D eigenvalue weighted by atomic mass is 9.87. The van der Waals surface area contributed by atoms with Crippen molar-refractivity contribution in [3.05, 3.63) is 54.4 Å². The van der Waals surface area contributed by atoms with E-state index < -0.39 is 5.67 Å². The van der Waals surface area contributed by atoms with Crippen LogP contribution in [0.15, 0.2) is 48.8 Å². The van der Waals surface area contributed by atoms with Crippen LogP contribution in [0.3, 0.4) is 0 Å². The summed E-state index contributed by atoms with van der Waals surface area (Å²) in [6, 6.07) is 12.0. The number of halogens is 1. The highest BCUT2D eigenvalue weighted by Crippen LogP contribution is 2.35. The molecular weight excluding hydrogens is 381 g/mol. The number of hydrogen-bond donors (Lipinski definition) is 1. The summed E-state index contributed by atoms with van der Waals surface area (Å²) in [5.41, 5.74) is 3.73. The number of nitrogens with one attached hydrogen (secondary N) is 1. The molecule has 7 heteroatoms. The first kappa shape index (κ1) is 19.1. The molecule has 0 aliphatic carbocycles. The maximum absolute atomic E-state index is 15.2. The minimum atomic E-state index is -1.28. The zero-order valence-electron chi connectivity index (χ0n) is 16.9. The van der Waals surface area contributed by atoms with Crippen LogP contribution in [0.5, 0.6) is 0 Å². The van der Waals surface area contributed by atoms with E-state index in [0.717, 1.165) is 73.4 Å². The van der Waals surface area contributed by atoms with Crippen molar-refractivity contribution in [3.8, 4) is 11.1 Å². The van der Waals surface area contributed by atoms with Gasteiger partial charge in [0.15, 0.2) is 0 Å². The Labute approximate surface area is 175 Å². The van der Waals surface area contributed by atoms with E-state index in [9.17, 15) is 4.79 Å². The molecule has 3 aromatic rings. The van der Waals surface area contributed by atoms with Crippen molar-refractivity contribution in [1.82, 2.24) is 19.8 Å². The molecule has 0 bridgehead atoms. The molecule has 2 aromatic heterocycles. The standard InChI is InChI=1S/C23H26FN5O/c24-23(7-1-8-25-16-23)20-4-2-18(3-5-20)19-14-22-21(6-9-26-29(22)15-19)28-12-10-27(17-30)11-13-28/h2-6,9,14-15,17,25H,1,7-8,10-13,16H2. The smallest absolute Gasteiger partial charge is 0.209 e. The number of piperidine rings is 1. The summed E-state index contributed by atoms with van der Waals surface area (Å²) in [7, 11) is 0. The topological polar surface area (TPSA) is 52.9 Å². The van der Waals surface area contributed by atoms with Gasteiger partial charge in [-0.2, -0.15) is 5.10 Å². The monoisotopic (exact) mass is 407 g/mol. The van der Waals surface area contributed by atoms with Crippen LogP contribution in [0.2, 0.25) is 0 Å². The highest BCUT2D eigenvalue weighted by atomic mass is 19.1. The van der Waals surface area contributed by atoms with Crippen LogP contribution in [0.1, 0.15) is 18.4 Å². The number of alkyl halides is 1. The van der Waals surface area contributed by atoms with Gasteiger partial charge in [0, 0.05) is 50.7 Å². The number of carbonyl (C=O) groups excluding carboxylic acids is 1. The van der Waals surface area contributed by atoms with Crippen molar-refractivity contribution in [2.75, 3.05) is 44.2 Å². The summed E-state index contributed by atoms with van der Waals surface area (Å²) in [6.45, 7) is 4.34. The number of benzene rings is 1. The van der Waals surface area contributed by atoms with E-state index in [1.165, 1.54) is 0 Å². The molecule has 1 amide bonds. The number of fused-ring (bicyclic) bond motifs is 1. The van der Waals surface area contributed by atoms with Gasteiger partial charge in [0.25, 0.3) is 0 Å². The first-order chi connectivity index (χ1) is 14.7. The maximum Gasteiger partial charge on any atom is 0.209 e. The Bertz CT molecular complexity index is 1030. The van der Waals surface area contributed by atoms with Crippen LogP contribution in [-0.4, -0.2) is 60.2 Å². The first-order valence-electron chi connectivity index (χ1n) is 10.6. The Morgan fingerprint density at radius 1 is 1.07 bits per heavy atom. The van der Waals surface area contributed by atoms with Gasteiger partial charge < -0.3 is 15.1 Å². The summed E-state index contributed by atoms with van der Waals surface area (Å²) in [5.74, 6) is 0. The van der Waals surface area contributed by atoms with Crippen LogP contribution in [0.25, 0.3) is 16.6 Å². The number of piperazine rings is 1. The minimum Gasteiger partial charge on any atom is -0.366 e. The van der Waals surface area contributed by atoms with Gasteiger partial charge in [-0.05, 0) is 42.6 Å². The molecule has 1 atom stereocenters. The van der Waals surface area contributed by atoms with E-state index in [2.05, 4.69) is 21.4 Å². The first-order valence-corrected chi connectivity index (χ1v) is 10.6. The van der Waals surface area contributed by atoms with Gasteiger partial charge in [0.05, 0.1) is 11.2 Å². The third-order valence-electron chi connectivity index (χ3n) is 6.36. The number of amides is 1. The molecule has 1 aromatic carbocycles. The second kappa shape index (κ2) is 7.72. The summed E-state index contributed by atoms with van der Waals surface area (Å²) in [4.78, 5) is 15.1. The molecule has 2 saturated heterocycles. The highest BCUT2D eigenvalue weighted by Gasteiger charge is 2.33. The lowest BCUT2D eigenvalue weighted by Gasteiger charge is -2.34. The minimum absolute atomic E-state index is 0.382. The number of carbonyl (C=O) groups is 1. The Kier molecular flexibility index (Phi) is 4.90. The molecule has 2 aliphatic rings. The average Bonchev–Trinajstić information content (AvgIpc) is 3.24. The van der Waals surface area contributed by atoms with Crippen molar-refractivity contribution in [2.45, 2.75) is 18.5 Å². The normalized spacial score (nSPS) is 22.4. The average molecular weight is 407 g/mol. The number of nitrogens with zero attached hydrogens (tertiary/aromatic N) is 4. The molecule has 5 rings (SSSR count). The fourth-order valence-corrected chi connectivity index (χ4v) is 4.57. The number of aromatic nitrogens is 2. The molecule has 1 unspecified atom stereocenters. The lowest BCUT2D eigenvalue weighted by molar-refractivity contribution is -0.118. The molecule has 156 valence electrons. The quantitative estimate of drug-likeness (QED) is 0.676. The predicted molar refractivity (Wildman–Crippen MR) is 115 cm³/mol. The predicted octanol–water partition coefficient (Wildman–Crippen LogP) is 2.83. The van der Waals surface area contributed by atoms with E-state index in [1.807, 2.05) is 47.2 Å². The fourth-order valence-electron chi connectivity index (χ4n) is 4.57. The van der Waals surface area contributed by atoms with Crippen LogP contribution >= 0.6 is 0 Å². The fraction of sp³-hybridized carbons (Fsp3) is 0.391. The Hall–Kier alpha value is -2.93. The Balaban J connectivity index is 1.42. The van der Waals surface area contributed by atoms with Crippen molar-refractivity contribution < 1.29 is 9.18 Å². The summed E-state index contributed by atoms with van der Waals surface area (Å²) >= 11 is 0. The maximum atomic E-state index is 15.2. The molecular formula is C23H26FN5O. The zero-order chi connectivity index (χ0) is 20.6. The molecule has 2 aliphatic heterocycles. The van der Waals surface area contributed by atoms with Crippen LogP contribution in [0.4, 0.5) is 10.1 Å². The number of rotatable bonds is 4. The SMILES string of the molecule is O=CN1CCN(c2ccnn3cc(-c4ccc(C5(F)CCCNC5)cc4)cc23)CC1. The number of hydrogen-bond acceptors (Lipinski definition) is 4. The third kappa shape index (κ3) is 3.43. The molecule has 30 heavy (non-hydrogen) atoms. The van der Waals surface area contributed by atoms with Gasteiger partial charge in [-0.15, -0.1) is 0 Å². The lowest BCUT2D eigenvalue weighted by Crippen LogP contribution is -2.45. The highest BCUT2D eigenvalue weighted by molar-refractivity contribution is 5.80. The second-order valence-corrected chi connectivity index (χ2v) is 8.23. The molecule has 6 nitrogen and oxygen atoms in total. The van der Waals surface area contributed by atoms with Crippen LogP contribution in [0, 0.1) is 0 Å². The summed E-state index contributed by atoms with van der Waals surface area (Å²) < 4.78 is 17.1. The van der Waals surface area contributed by atoms with E-state index in [1.54, 1.807) is 4.90 Å². The van der Waals surface area contributed by atoms with Crippen molar-refractivity contribution in [1.29, 1.82) is 0 Å². The molecule has 2 fully saturated rings. The van der Waals surface area contributed by atoms with Gasteiger partial charge in [-0.25, -0.2) is 8.91 Å². The molecule has 1 N–H and O–H groups in total. The third-order valence-corrected chi connectivity index (χ3v) is 6.36. The van der Waals surface area contributed by atoms with E-state index in [4.69, 9.17) is 0 Å². The Morgan fingerprint density at radius 3 is 2.57 bits per heavy atom. The van der Waals surface area contributed by atoms with E-state index in [0.29, 0.717) is 13.0 Å². The van der Waals surface area contributed by atoms with Gasteiger partial charge in [-0.3, -0.25) is 4.79 Å². The van der Waals surface area contributed by atoms with E-state index >= 15 is 4.39 Å². The molecule has 0 spiro atoms. The zero-order valence-corrected chi connectivity index (χ0v) is 16.9.